The van der Waals surface area contributed by atoms with E-state index in [0.717, 1.165) is 31.5 Å². The van der Waals surface area contributed by atoms with Crippen molar-refractivity contribution in [3.63, 3.8) is 0 Å². The predicted octanol–water partition coefficient (Wildman–Crippen LogP) is 2.21. The van der Waals surface area contributed by atoms with E-state index in [9.17, 15) is 9.18 Å². The van der Waals surface area contributed by atoms with Crippen LogP contribution in [0.1, 0.15) is 25.3 Å². The van der Waals surface area contributed by atoms with E-state index in [1.165, 1.54) is 12.1 Å². The lowest BCUT2D eigenvalue weighted by molar-refractivity contribution is -0.136. The molecule has 0 bridgehead atoms. The van der Waals surface area contributed by atoms with Gasteiger partial charge in [-0.15, -0.1) is 0 Å². The van der Waals surface area contributed by atoms with Crippen LogP contribution in [0.15, 0.2) is 24.3 Å². The molecule has 2 rings (SSSR count). The third-order valence-corrected chi connectivity index (χ3v) is 3.99. The van der Waals surface area contributed by atoms with Gasteiger partial charge in [-0.2, -0.15) is 0 Å². The van der Waals surface area contributed by atoms with Crippen molar-refractivity contribution in [2.75, 3.05) is 20.1 Å². The second kappa shape index (κ2) is 6.84. The summed E-state index contributed by atoms with van der Waals surface area (Å²) in [5.41, 5.74) is 0.882. The molecule has 0 aromatic heterocycles. The van der Waals surface area contributed by atoms with Gasteiger partial charge in [-0.3, -0.25) is 4.79 Å². The van der Waals surface area contributed by atoms with Crippen LogP contribution in [0, 0.1) is 11.7 Å². The Bertz CT molecular complexity index is 464. The summed E-state index contributed by atoms with van der Waals surface area (Å²) >= 11 is 0. The van der Waals surface area contributed by atoms with Gasteiger partial charge >= 0.3 is 0 Å². The van der Waals surface area contributed by atoms with E-state index in [2.05, 4.69) is 5.32 Å². The second-order valence-corrected chi connectivity index (χ2v) is 5.65. The first-order chi connectivity index (χ1) is 9.60. The van der Waals surface area contributed by atoms with Gasteiger partial charge in [-0.25, -0.2) is 4.39 Å². The van der Waals surface area contributed by atoms with Crippen molar-refractivity contribution in [1.29, 1.82) is 0 Å². The van der Waals surface area contributed by atoms with Gasteiger partial charge in [0.15, 0.2) is 0 Å². The molecular formula is C16H23FN2O. The molecule has 1 aromatic carbocycles. The van der Waals surface area contributed by atoms with Crippen LogP contribution in [-0.4, -0.2) is 37.0 Å². The first kappa shape index (κ1) is 15.0. The quantitative estimate of drug-likeness (QED) is 0.916. The van der Waals surface area contributed by atoms with Crippen molar-refractivity contribution in [2.24, 2.45) is 5.92 Å². The largest absolute Gasteiger partial charge is 0.341 e. The van der Waals surface area contributed by atoms with Gasteiger partial charge in [0.1, 0.15) is 5.82 Å². The number of nitrogens with zero attached hydrogens (tertiary/aromatic N) is 1. The maximum Gasteiger partial charge on any atom is 0.225 e. The second-order valence-electron chi connectivity index (χ2n) is 5.65. The Morgan fingerprint density at radius 3 is 3.05 bits per heavy atom. The number of carbonyl (C=O) groups is 1. The lowest BCUT2D eigenvalue weighted by atomic mass is 9.97. The monoisotopic (exact) mass is 278 g/mol. The first-order valence-corrected chi connectivity index (χ1v) is 7.30. The first-order valence-electron chi connectivity index (χ1n) is 7.30. The third kappa shape index (κ3) is 3.79. The summed E-state index contributed by atoms with van der Waals surface area (Å²) in [5.74, 6) is -0.169. The van der Waals surface area contributed by atoms with Gasteiger partial charge in [0.2, 0.25) is 5.91 Å². The maximum absolute atomic E-state index is 13.2. The van der Waals surface area contributed by atoms with E-state index in [4.69, 9.17) is 0 Å². The van der Waals surface area contributed by atoms with Crippen LogP contribution in [0.3, 0.4) is 0 Å². The molecule has 1 N–H and O–H groups in total. The van der Waals surface area contributed by atoms with Crippen LogP contribution >= 0.6 is 0 Å². The van der Waals surface area contributed by atoms with Crippen LogP contribution < -0.4 is 5.32 Å². The number of halogens is 1. The highest BCUT2D eigenvalue weighted by molar-refractivity contribution is 5.79. The summed E-state index contributed by atoms with van der Waals surface area (Å²) in [5, 5.41) is 3.24. The van der Waals surface area contributed by atoms with Crippen molar-refractivity contribution in [3.8, 4) is 0 Å². The van der Waals surface area contributed by atoms with E-state index in [1.54, 1.807) is 6.07 Å². The number of hydrogen-bond acceptors (Lipinski definition) is 2. The van der Waals surface area contributed by atoms with E-state index in [-0.39, 0.29) is 17.6 Å². The van der Waals surface area contributed by atoms with Crippen LogP contribution in [0.5, 0.6) is 0 Å². The van der Waals surface area contributed by atoms with Crippen LogP contribution in [0.4, 0.5) is 4.39 Å². The minimum absolute atomic E-state index is 0.104. The fourth-order valence-corrected chi connectivity index (χ4v) is 2.83. The minimum atomic E-state index is -0.240. The number of rotatable bonds is 4. The Morgan fingerprint density at radius 1 is 1.55 bits per heavy atom. The van der Waals surface area contributed by atoms with Crippen molar-refractivity contribution >= 4 is 5.91 Å². The van der Waals surface area contributed by atoms with Crippen LogP contribution in [0.2, 0.25) is 0 Å². The number of likely N-dealkylation sites (N-methyl/N-ethyl adjacent to an activating group) is 1. The molecule has 110 valence electrons. The zero-order valence-corrected chi connectivity index (χ0v) is 12.2. The molecule has 1 aromatic rings. The molecule has 1 amide bonds. The topological polar surface area (TPSA) is 32.3 Å². The molecule has 1 saturated heterocycles. The number of piperidine rings is 1. The van der Waals surface area contributed by atoms with Gasteiger partial charge in [-0.05, 0) is 44.0 Å². The standard InChI is InChI=1S/C16H23FN2O/c1-12(9-13-5-3-6-14(17)10-13)16(20)19-8-4-7-15(11-19)18-2/h3,5-6,10,12,15,18H,4,7-9,11H2,1-2H3. The van der Waals surface area contributed by atoms with Crippen LogP contribution in [0.25, 0.3) is 0 Å². The van der Waals surface area contributed by atoms with E-state index < -0.39 is 0 Å². The smallest absolute Gasteiger partial charge is 0.225 e. The summed E-state index contributed by atoms with van der Waals surface area (Å²) in [4.78, 5) is 14.4. The maximum atomic E-state index is 13.2. The zero-order chi connectivity index (χ0) is 14.5. The number of benzene rings is 1. The van der Waals surface area contributed by atoms with Gasteiger partial charge in [0.25, 0.3) is 0 Å². The predicted molar refractivity (Wildman–Crippen MR) is 77.9 cm³/mol. The fourth-order valence-electron chi connectivity index (χ4n) is 2.83. The number of nitrogens with one attached hydrogen (secondary N) is 1. The molecule has 1 aliphatic rings. The van der Waals surface area contributed by atoms with Crippen LogP contribution in [-0.2, 0) is 11.2 Å². The van der Waals surface area contributed by atoms with Gasteiger partial charge in [0, 0.05) is 25.0 Å². The lowest BCUT2D eigenvalue weighted by Crippen LogP contribution is -2.48. The Kier molecular flexibility index (Phi) is 5.12. The Balaban J connectivity index is 1.94. The molecule has 1 aliphatic heterocycles. The minimum Gasteiger partial charge on any atom is -0.341 e. The molecule has 1 heterocycles. The third-order valence-electron chi connectivity index (χ3n) is 3.99. The normalized spacial score (nSPS) is 20.8. The summed E-state index contributed by atoms with van der Waals surface area (Å²) in [6.45, 7) is 3.55. The SMILES string of the molecule is CNC1CCCN(C(=O)C(C)Cc2cccc(F)c2)C1. The van der Waals surface area contributed by atoms with Crippen molar-refractivity contribution in [2.45, 2.75) is 32.2 Å². The Labute approximate surface area is 120 Å². The molecule has 0 saturated carbocycles. The number of carbonyl (C=O) groups excluding carboxylic acids is 1. The molecule has 0 radical (unpaired) electrons. The van der Waals surface area contributed by atoms with Gasteiger partial charge in [0.05, 0.1) is 0 Å². The molecule has 1 fully saturated rings. The average molecular weight is 278 g/mol. The summed E-state index contributed by atoms with van der Waals surface area (Å²) in [7, 11) is 1.94. The molecule has 20 heavy (non-hydrogen) atoms. The summed E-state index contributed by atoms with van der Waals surface area (Å²) < 4.78 is 13.2. The van der Waals surface area contributed by atoms with Crippen molar-refractivity contribution < 1.29 is 9.18 Å². The van der Waals surface area contributed by atoms with Gasteiger partial charge in [-0.1, -0.05) is 19.1 Å². The molecule has 3 nitrogen and oxygen atoms in total. The summed E-state index contributed by atoms with van der Waals surface area (Å²) in [6.07, 6.45) is 2.76. The molecule has 2 unspecified atom stereocenters. The van der Waals surface area contributed by atoms with E-state index in [1.807, 2.05) is 24.9 Å². The van der Waals surface area contributed by atoms with Crippen molar-refractivity contribution in [3.05, 3.63) is 35.6 Å². The number of hydrogen-bond donors (Lipinski definition) is 1. The van der Waals surface area contributed by atoms with Gasteiger partial charge < -0.3 is 10.2 Å². The van der Waals surface area contributed by atoms with Crippen molar-refractivity contribution in [1.82, 2.24) is 10.2 Å². The number of amides is 1. The van der Waals surface area contributed by atoms with E-state index in [0.29, 0.717) is 12.5 Å². The molecule has 0 aliphatic carbocycles. The molecule has 2 atom stereocenters. The highest BCUT2D eigenvalue weighted by Crippen LogP contribution is 2.16. The number of likely N-dealkylation sites (tertiary alicyclic amines) is 1. The zero-order valence-electron chi connectivity index (χ0n) is 12.2. The van der Waals surface area contributed by atoms with E-state index >= 15 is 0 Å². The highest BCUT2D eigenvalue weighted by Gasteiger charge is 2.26. The molecule has 4 heteroatoms. The Hall–Kier alpha value is -1.42. The highest BCUT2D eigenvalue weighted by atomic mass is 19.1. The fraction of sp³-hybridized carbons (Fsp3) is 0.562. The average Bonchev–Trinajstić information content (AvgIpc) is 2.46. The molecular weight excluding hydrogens is 255 g/mol. The molecule has 0 spiro atoms. The summed E-state index contributed by atoms with van der Waals surface area (Å²) in [6, 6.07) is 6.91. The lowest BCUT2D eigenvalue weighted by Gasteiger charge is -2.34. The Morgan fingerprint density at radius 2 is 2.35 bits per heavy atom.